The molecule has 1 heterocycles. The number of aldehydes is 1. The van der Waals surface area contributed by atoms with Crippen molar-refractivity contribution in [2.24, 2.45) is 0 Å². The van der Waals surface area contributed by atoms with E-state index in [0.717, 1.165) is 18.4 Å². The minimum absolute atomic E-state index is 0.694. The highest BCUT2D eigenvalue weighted by atomic mass is 16.1. The number of benzene rings is 1. The van der Waals surface area contributed by atoms with Gasteiger partial charge >= 0.3 is 0 Å². The quantitative estimate of drug-likeness (QED) is 0.726. The second-order valence-corrected chi connectivity index (χ2v) is 4.67. The van der Waals surface area contributed by atoms with Crippen molar-refractivity contribution in [3.63, 3.8) is 0 Å². The molecule has 0 amide bonds. The number of rotatable bonds is 3. The van der Waals surface area contributed by atoms with Gasteiger partial charge in [0.15, 0.2) is 0 Å². The number of carbonyl (C=O) groups excluding carboxylic acids is 1. The van der Waals surface area contributed by atoms with Crippen molar-refractivity contribution < 1.29 is 4.79 Å². The Balaban J connectivity index is 1.99. The van der Waals surface area contributed by atoms with E-state index in [2.05, 4.69) is 24.0 Å². The van der Waals surface area contributed by atoms with Crippen molar-refractivity contribution in [1.29, 1.82) is 0 Å². The van der Waals surface area contributed by atoms with Crippen LogP contribution in [-0.2, 0) is 6.54 Å². The second-order valence-electron chi connectivity index (χ2n) is 4.67. The lowest BCUT2D eigenvalue weighted by atomic mass is 10.0. The topological polar surface area (TPSA) is 20.3 Å². The van der Waals surface area contributed by atoms with Crippen molar-refractivity contribution in [2.75, 3.05) is 6.54 Å². The van der Waals surface area contributed by atoms with E-state index in [9.17, 15) is 4.79 Å². The summed E-state index contributed by atoms with van der Waals surface area (Å²) in [6.07, 6.45) is 4.89. The number of hydrogen-bond acceptors (Lipinski definition) is 2. The summed E-state index contributed by atoms with van der Waals surface area (Å²) >= 11 is 0. The lowest BCUT2D eigenvalue weighted by molar-refractivity contribution is 0.112. The van der Waals surface area contributed by atoms with Crippen LogP contribution in [0.2, 0.25) is 0 Å². The number of likely N-dealkylation sites (tertiary alicyclic amines) is 1. The fourth-order valence-electron chi connectivity index (χ4n) is 2.33. The molecule has 0 bridgehead atoms. The van der Waals surface area contributed by atoms with Crippen molar-refractivity contribution in [1.82, 2.24) is 4.90 Å². The SMILES string of the molecule is C[C@H]1CCCCN1Cc1ccc(C=O)cc1. The molecule has 2 rings (SSSR count). The largest absolute Gasteiger partial charge is 0.298 e. The summed E-state index contributed by atoms with van der Waals surface area (Å²) in [7, 11) is 0. The average Bonchev–Trinajstić information content (AvgIpc) is 2.33. The van der Waals surface area contributed by atoms with Gasteiger partial charge in [-0.05, 0) is 31.9 Å². The molecule has 2 heteroatoms. The molecule has 1 saturated heterocycles. The smallest absolute Gasteiger partial charge is 0.150 e. The third-order valence-electron chi connectivity index (χ3n) is 3.44. The van der Waals surface area contributed by atoms with Gasteiger partial charge in [-0.3, -0.25) is 9.69 Å². The fraction of sp³-hybridized carbons (Fsp3) is 0.500. The van der Waals surface area contributed by atoms with Gasteiger partial charge in [0.2, 0.25) is 0 Å². The molecule has 1 atom stereocenters. The third-order valence-corrected chi connectivity index (χ3v) is 3.44. The van der Waals surface area contributed by atoms with Gasteiger partial charge in [0.1, 0.15) is 6.29 Å². The van der Waals surface area contributed by atoms with E-state index in [1.165, 1.54) is 31.4 Å². The lowest BCUT2D eigenvalue weighted by Gasteiger charge is -2.33. The minimum atomic E-state index is 0.694. The maximum Gasteiger partial charge on any atom is 0.150 e. The molecule has 0 aromatic heterocycles. The van der Waals surface area contributed by atoms with Gasteiger partial charge in [-0.1, -0.05) is 30.7 Å². The molecule has 0 spiro atoms. The Morgan fingerprint density at radius 1 is 1.31 bits per heavy atom. The predicted octanol–water partition coefficient (Wildman–Crippen LogP) is 2.87. The fourth-order valence-corrected chi connectivity index (χ4v) is 2.33. The standard InChI is InChI=1S/C14H19NO/c1-12-4-2-3-9-15(12)10-13-5-7-14(11-16)8-6-13/h5-8,11-12H,2-4,9-10H2,1H3/t12-/m0/s1. The van der Waals surface area contributed by atoms with Gasteiger partial charge < -0.3 is 0 Å². The number of piperidine rings is 1. The van der Waals surface area contributed by atoms with E-state index in [4.69, 9.17) is 0 Å². The van der Waals surface area contributed by atoms with Crippen molar-refractivity contribution in [3.8, 4) is 0 Å². The van der Waals surface area contributed by atoms with Crippen LogP contribution in [0.4, 0.5) is 0 Å². The molecule has 0 radical (unpaired) electrons. The van der Waals surface area contributed by atoms with Crippen LogP contribution in [0.15, 0.2) is 24.3 Å². The summed E-state index contributed by atoms with van der Waals surface area (Å²) in [6.45, 7) is 4.52. The van der Waals surface area contributed by atoms with E-state index in [1.54, 1.807) is 0 Å². The molecule has 0 aliphatic carbocycles. The first-order valence-corrected chi connectivity index (χ1v) is 6.08. The summed E-state index contributed by atoms with van der Waals surface area (Å²) in [5.74, 6) is 0. The summed E-state index contributed by atoms with van der Waals surface area (Å²) in [6, 6.07) is 8.61. The summed E-state index contributed by atoms with van der Waals surface area (Å²) in [5, 5.41) is 0. The molecule has 1 fully saturated rings. The van der Waals surface area contributed by atoms with Crippen LogP contribution in [-0.4, -0.2) is 23.8 Å². The molecule has 2 nitrogen and oxygen atoms in total. The van der Waals surface area contributed by atoms with Gasteiger partial charge in [0.05, 0.1) is 0 Å². The van der Waals surface area contributed by atoms with E-state index < -0.39 is 0 Å². The Morgan fingerprint density at radius 3 is 2.69 bits per heavy atom. The first kappa shape index (κ1) is 11.3. The number of carbonyl (C=O) groups is 1. The van der Waals surface area contributed by atoms with Gasteiger partial charge in [-0.15, -0.1) is 0 Å². The number of hydrogen-bond donors (Lipinski definition) is 0. The zero-order valence-electron chi connectivity index (χ0n) is 9.86. The molecule has 0 saturated carbocycles. The number of nitrogens with zero attached hydrogens (tertiary/aromatic N) is 1. The van der Waals surface area contributed by atoms with Gasteiger partial charge in [0, 0.05) is 18.2 Å². The Labute approximate surface area is 97.3 Å². The molecular weight excluding hydrogens is 198 g/mol. The molecule has 1 aliphatic rings. The van der Waals surface area contributed by atoms with Crippen LogP contribution in [0.1, 0.15) is 42.1 Å². The van der Waals surface area contributed by atoms with Crippen LogP contribution < -0.4 is 0 Å². The van der Waals surface area contributed by atoms with Crippen molar-refractivity contribution in [3.05, 3.63) is 35.4 Å². The lowest BCUT2D eigenvalue weighted by Crippen LogP contribution is -2.36. The predicted molar refractivity (Wildman–Crippen MR) is 65.6 cm³/mol. The van der Waals surface area contributed by atoms with E-state index in [-0.39, 0.29) is 0 Å². The maximum absolute atomic E-state index is 10.5. The van der Waals surface area contributed by atoms with Crippen molar-refractivity contribution in [2.45, 2.75) is 38.8 Å². The van der Waals surface area contributed by atoms with E-state index >= 15 is 0 Å². The highest BCUT2D eigenvalue weighted by molar-refractivity contribution is 5.74. The van der Waals surface area contributed by atoms with E-state index in [1.807, 2.05) is 12.1 Å². The summed E-state index contributed by atoms with van der Waals surface area (Å²) in [4.78, 5) is 13.1. The molecule has 0 N–H and O–H groups in total. The highest BCUT2D eigenvalue weighted by Crippen LogP contribution is 2.19. The zero-order chi connectivity index (χ0) is 11.4. The molecule has 16 heavy (non-hydrogen) atoms. The normalized spacial score (nSPS) is 21.9. The molecular formula is C14H19NO. The molecule has 1 aromatic carbocycles. The van der Waals surface area contributed by atoms with Crippen LogP contribution in [0.5, 0.6) is 0 Å². The molecule has 1 aromatic rings. The van der Waals surface area contributed by atoms with E-state index in [0.29, 0.717) is 6.04 Å². The first-order valence-electron chi connectivity index (χ1n) is 6.08. The van der Waals surface area contributed by atoms with Crippen LogP contribution >= 0.6 is 0 Å². The Hall–Kier alpha value is -1.15. The van der Waals surface area contributed by atoms with Crippen molar-refractivity contribution >= 4 is 6.29 Å². The summed E-state index contributed by atoms with van der Waals surface area (Å²) in [5.41, 5.74) is 2.06. The van der Waals surface area contributed by atoms with Crippen LogP contribution in [0.3, 0.4) is 0 Å². The Kier molecular flexibility index (Phi) is 3.73. The molecule has 86 valence electrons. The third kappa shape index (κ3) is 2.70. The minimum Gasteiger partial charge on any atom is -0.298 e. The summed E-state index contributed by atoms with van der Waals surface area (Å²) < 4.78 is 0. The van der Waals surface area contributed by atoms with Gasteiger partial charge in [-0.25, -0.2) is 0 Å². The highest BCUT2D eigenvalue weighted by Gasteiger charge is 2.17. The molecule has 1 aliphatic heterocycles. The van der Waals surface area contributed by atoms with Crippen LogP contribution in [0.25, 0.3) is 0 Å². The second kappa shape index (κ2) is 5.26. The Bertz CT molecular complexity index is 344. The first-order chi connectivity index (χ1) is 7.79. The van der Waals surface area contributed by atoms with Crippen LogP contribution in [0, 0.1) is 0 Å². The zero-order valence-corrected chi connectivity index (χ0v) is 9.86. The average molecular weight is 217 g/mol. The maximum atomic E-state index is 10.5. The molecule has 0 unspecified atom stereocenters. The van der Waals surface area contributed by atoms with Gasteiger partial charge in [-0.2, -0.15) is 0 Å². The monoisotopic (exact) mass is 217 g/mol. The van der Waals surface area contributed by atoms with Gasteiger partial charge in [0.25, 0.3) is 0 Å². The Morgan fingerprint density at radius 2 is 2.06 bits per heavy atom.